The average molecular weight is 215 g/mol. The summed E-state index contributed by atoms with van der Waals surface area (Å²) in [6.45, 7) is 4.46. The lowest BCUT2D eigenvalue weighted by atomic mass is 9.99. The molecule has 1 aliphatic heterocycles. The molecule has 1 atom stereocenters. The molecule has 2 rings (SSSR count). The molecule has 1 aromatic rings. The lowest BCUT2D eigenvalue weighted by molar-refractivity contribution is 0.447. The maximum absolute atomic E-state index is 8.82. The standard InChI is InChI=1S/C13H17N3/c1-10-3-2-6-16(9-10)12-5-4-11(8-14)13(15)7-12/h4-5,7,10H,2-3,6,9,15H2,1H3. The van der Waals surface area contributed by atoms with E-state index in [0.717, 1.165) is 24.7 Å². The highest BCUT2D eigenvalue weighted by Gasteiger charge is 2.16. The minimum absolute atomic E-state index is 0.564. The summed E-state index contributed by atoms with van der Waals surface area (Å²) in [4.78, 5) is 2.35. The van der Waals surface area contributed by atoms with Crippen LogP contribution in [-0.4, -0.2) is 13.1 Å². The summed E-state index contributed by atoms with van der Waals surface area (Å²) in [6, 6.07) is 7.81. The van der Waals surface area contributed by atoms with Crippen LogP contribution >= 0.6 is 0 Å². The van der Waals surface area contributed by atoms with Gasteiger partial charge in [0.2, 0.25) is 0 Å². The van der Waals surface area contributed by atoms with E-state index in [2.05, 4.69) is 17.9 Å². The first-order valence-electron chi connectivity index (χ1n) is 5.75. The number of benzene rings is 1. The van der Waals surface area contributed by atoms with E-state index < -0.39 is 0 Å². The van der Waals surface area contributed by atoms with Crippen LogP contribution in [0.4, 0.5) is 11.4 Å². The molecule has 1 aromatic carbocycles. The van der Waals surface area contributed by atoms with Crippen molar-refractivity contribution >= 4 is 11.4 Å². The second kappa shape index (κ2) is 4.44. The van der Waals surface area contributed by atoms with Gasteiger partial charge in [-0.1, -0.05) is 6.92 Å². The van der Waals surface area contributed by atoms with Gasteiger partial charge in [-0.25, -0.2) is 0 Å². The Balaban J connectivity index is 2.21. The quantitative estimate of drug-likeness (QED) is 0.732. The van der Waals surface area contributed by atoms with E-state index in [1.165, 1.54) is 12.8 Å². The molecule has 1 fully saturated rings. The number of hydrogen-bond acceptors (Lipinski definition) is 3. The second-order valence-corrected chi connectivity index (χ2v) is 4.58. The minimum Gasteiger partial charge on any atom is -0.398 e. The van der Waals surface area contributed by atoms with Gasteiger partial charge in [0.05, 0.1) is 11.3 Å². The molecule has 1 heterocycles. The maximum Gasteiger partial charge on any atom is 0.101 e. The van der Waals surface area contributed by atoms with Crippen LogP contribution in [-0.2, 0) is 0 Å². The van der Waals surface area contributed by atoms with Crippen molar-refractivity contribution in [1.82, 2.24) is 0 Å². The molecule has 2 N–H and O–H groups in total. The first-order chi connectivity index (χ1) is 7.70. The monoisotopic (exact) mass is 215 g/mol. The summed E-state index contributed by atoms with van der Waals surface area (Å²) in [6.07, 6.45) is 2.54. The van der Waals surface area contributed by atoms with Crippen molar-refractivity contribution in [2.45, 2.75) is 19.8 Å². The number of nitrogens with zero attached hydrogens (tertiary/aromatic N) is 2. The molecule has 3 heteroatoms. The summed E-state index contributed by atoms with van der Waals surface area (Å²) in [5.74, 6) is 0.741. The molecular weight excluding hydrogens is 198 g/mol. The zero-order valence-corrected chi connectivity index (χ0v) is 9.61. The van der Waals surface area contributed by atoms with Gasteiger partial charge in [0.15, 0.2) is 0 Å². The van der Waals surface area contributed by atoms with Crippen molar-refractivity contribution in [3.8, 4) is 6.07 Å². The van der Waals surface area contributed by atoms with E-state index >= 15 is 0 Å². The van der Waals surface area contributed by atoms with Crippen molar-refractivity contribution in [3.05, 3.63) is 23.8 Å². The molecule has 0 amide bonds. The lowest BCUT2D eigenvalue weighted by Crippen LogP contribution is -2.34. The van der Waals surface area contributed by atoms with Gasteiger partial charge in [-0.15, -0.1) is 0 Å². The van der Waals surface area contributed by atoms with Crippen LogP contribution in [0.3, 0.4) is 0 Å². The lowest BCUT2D eigenvalue weighted by Gasteiger charge is -2.33. The topological polar surface area (TPSA) is 53.0 Å². The van der Waals surface area contributed by atoms with Crippen LogP contribution in [0.25, 0.3) is 0 Å². The van der Waals surface area contributed by atoms with E-state index in [9.17, 15) is 0 Å². The number of nitrogen functional groups attached to an aromatic ring is 1. The van der Waals surface area contributed by atoms with Gasteiger partial charge < -0.3 is 10.6 Å². The molecule has 1 saturated heterocycles. The summed E-state index contributed by atoms with van der Waals surface area (Å²) in [5, 5.41) is 8.82. The maximum atomic E-state index is 8.82. The largest absolute Gasteiger partial charge is 0.398 e. The molecule has 0 saturated carbocycles. The second-order valence-electron chi connectivity index (χ2n) is 4.58. The molecule has 1 unspecified atom stereocenters. The van der Waals surface area contributed by atoms with Crippen molar-refractivity contribution in [2.24, 2.45) is 5.92 Å². The molecule has 3 nitrogen and oxygen atoms in total. The van der Waals surface area contributed by atoms with Gasteiger partial charge >= 0.3 is 0 Å². The van der Waals surface area contributed by atoms with E-state index in [-0.39, 0.29) is 0 Å². The van der Waals surface area contributed by atoms with Gasteiger partial charge in [-0.2, -0.15) is 5.26 Å². The highest BCUT2D eigenvalue weighted by molar-refractivity contribution is 5.63. The third-order valence-electron chi connectivity index (χ3n) is 3.18. The smallest absolute Gasteiger partial charge is 0.101 e. The summed E-state index contributed by atoms with van der Waals surface area (Å²) in [7, 11) is 0. The zero-order valence-electron chi connectivity index (χ0n) is 9.61. The Morgan fingerprint density at radius 3 is 2.94 bits per heavy atom. The van der Waals surface area contributed by atoms with E-state index in [0.29, 0.717) is 11.3 Å². The highest BCUT2D eigenvalue weighted by Crippen LogP contribution is 2.25. The van der Waals surface area contributed by atoms with Crippen molar-refractivity contribution in [3.63, 3.8) is 0 Å². The third kappa shape index (κ3) is 2.11. The molecule has 84 valence electrons. The van der Waals surface area contributed by atoms with Crippen molar-refractivity contribution in [1.29, 1.82) is 5.26 Å². The molecular formula is C13H17N3. The van der Waals surface area contributed by atoms with Crippen LogP contribution in [0, 0.1) is 17.2 Å². The van der Waals surface area contributed by atoms with Gasteiger partial charge in [0, 0.05) is 18.8 Å². The Bertz CT molecular complexity index is 420. The molecule has 1 aliphatic rings. The zero-order chi connectivity index (χ0) is 11.5. The molecule has 0 aromatic heterocycles. The first kappa shape index (κ1) is 10.8. The number of nitriles is 1. The average Bonchev–Trinajstić information content (AvgIpc) is 2.29. The van der Waals surface area contributed by atoms with E-state index in [1.54, 1.807) is 0 Å². The predicted molar refractivity (Wildman–Crippen MR) is 66.2 cm³/mol. The highest BCUT2D eigenvalue weighted by atomic mass is 15.1. The summed E-state index contributed by atoms with van der Waals surface area (Å²) >= 11 is 0. The Morgan fingerprint density at radius 1 is 1.50 bits per heavy atom. The Hall–Kier alpha value is -1.69. The van der Waals surface area contributed by atoms with Crippen LogP contribution in [0.2, 0.25) is 0 Å². The molecule has 0 bridgehead atoms. The van der Waals surface area contributed by atoms with Gasteiger partial charge in [-0.3, -0.25) is 0 Å². The van der Waals surface area contributed by atoms with Crippen LogP contribution in [0.5, 0.6) is 0 Å². The number of rotatable bonds is 1. The predicted octanol–water partition coefficient (Wildman–Crippen LogP) is 2.38. The van der Waals surface area contributed by atoms with Crippen LogP contribution < -0.4 is 10.6 Å². The van der Waals surface area contributed by atoms with E-state index in [1.807, 2.05) is 18.2 Å². The van der Waals surface area contributed by atoms with Crippen LogP contribution in [0.15, 0.2) is 18.2 Å². The van der Waals surface area contributed by atoms with Crippen molar-refractivity contribution in [2.75, 3.05) is 23.7 Å². The fraction of sp³-hybridized carbons (Fsp3) is 0.462. The summed E-state index contributed by atoms with van der Waals surface area (Å²) in [5.41, 5.74) is 8.11. The van der Waals surface area contributed by atoms with Gasteiger partial charge in [0.1, 0.15) is 6.07 Å². The van der Waals surface area contributed by atoms with Gasteiger partial charge in [0.25, 0.3) is 0 Å². The molecule has 0 spiro atoms. The fourth-order valence-corrected chi connectivity index (χ4v) is 2.27. The molecule has 0 aliphatic carbocycles. The van der Waals surface area contributed by atoms with E-state index in [4.69, 9.17) is 11.0 Å². The Morgan fingerprint density at radius 2 is 2.31 bits per heavy atom. The first-order valence-corrected chi connectivity index (χ1v) is 5.75. The molecule has 0 radical (unpaired) electrons. The molecule has 16 heavy (non-hydrogen) atoms. The summed E-state index contributed by atoms with van der Waals surface area (Å²) < 4.78 is 0. The van der Waals surface area contributed by atoms with Crippen LogP contribution in [0.1, 0.15) is 25.3 Å². The number of nitrogens with two attached hydrogens (primary N) is 1. The number of piperidine rings is 1. The SMILES string of the molecule is CC1CCCN(c2ccc(C#N)c(N)c2)C1. The minimum atomic E-state index is 0.564. The fourth-order valence-electron chi connectivity index (χ4n) is 2.27. The van der Waals surface area contributed by atoms with Crippen molar-refractivity contribution < 1.29 is 0 Å². The normalized spacial score (nSPS) is 20.5. The Kier molecular flexibility index (Phi) is 3.00. The Labute approximate surface area is 96.5 Å². The third-order valence-corrected chi connectivity index (χ3v) is 3.18. The number of hydrogen-bond donors (Lipinski definition) is 1. The number of anilines is 2. The van der Waals surface area contributed by atoms with Gasteiger partial charge in [-0.05, 0) is 37.0 Å².